The third kappa shape index (κ3) is 4.93. The molecule has 0 saturated heterocycles. The van der Waals surface area contributed by atoms with Crippen molar-refractivity contribution in [1.82, 2.24) is 0 Å². The first-order valence-electron chi connectivity index (χ1n) is 7.05. The van der Waals surface area contributed by atoms with Crippen LogP contribution in [-0.2, 0) is 13.6 Å². The molecule has 0 amide bonds. The molecule has 20 heavy (non-hydrogen) atoms. The van der Waals surface area contributed by atoms with E-state index in [-0.39, 0.29) is 5.41 Å². The van der Waals surface area contributed by atoms with Crippen LogP contribution in [0.15, 0.2) is 24.3 Å². The molecule has 0 aliphatic rings. The van der Waals surface area contributed by atoms with Crippen molar-refractivity contribution in [3.63, 3.8) is 0 Å². The molecule has 114 valence electrons. The molecule has 1 aromatic carbocycles. The Morgan fingerprint density at radius 2 is 1.65 bits per heavy atom. The van der Waals surface area contributed by atoms with Gasteiger partial charge < -0.3 is 14.4 Å². The Morgan fingerprint density at radius 3 is 2.15 bits per heavy atom. The summed E-state index contributed by atoms with van der Waals surface area (Å²) >= 11 is 0. The van der Waals surface area contributed by atoms with Crippen molar-refractivity contribution in [2.75, 3.05) is 25.1 Å². The van der Waals surface area contributed by atoms with E-state index < -0.39 is 7.60 Å². The van der Waals surface area contributed by atoms with Crippen LogP contribution in [-0.4, -0.2) is 19.8 Å². The summed E-state index contributed by atoms with van der Waals surface area (Å²) < 4.78 is 23.7. The van der Waals surface area contributed by atoms with Crippen LogP contribution in [0.25, 0.3) is 0 Å². The van der Waals surface area contributed by atoms with Gasteiger partial charge in [-0.05, 0) is 31.4 Å². The normalized spacial score (nSPS) is 12.4. The molecule has 1 aromatic rings. The van der Waals surface area contributed by atoms with Gasteiger partial charge in [0.1, 0.15) is 0 Å². The molecule has 0 spiro atoms. The molecule has 1 rings (SSSR count). The maximum atomic E-state index is 12.9. The predicted molar refractivity (Wildman–Crippen MR) is 84.9 cm³/mol. The molecule has 1 N–H and O–H groups in total. The lowest BCUT2D eigenvalue weighted by atomic mass is 9.97. The molecular formula is C15H26NO3P. The van der Waals surface area contributed by atoms with Gasteiger partial charge in [-0.3, -0.25) is 4.57 Å². The fourth-order valence-electron chi connectivity index (χ4n) is 1.74. The van der Waals surface area contributed by atoms with Crippen LogP contribution in [0.4, 0.5) is 5.69 Å². The first-order chi connectivity index (χ1) is 9.32. The largest absolute Gasteiger partial charge is 0.384 e. The summed E-state index contributed by atoms with van der Waals surface area (Å²) in [7, 11) is -3.25. The zero-order chi connectivity index (χ0) is 15.2. The highest BCUT2D eigenvalue weighted by atomic mass is 31.2. The molecule has 0 aromatic heterocycles. The molecule has 0 aliphatic heterocycles. The van der Waals surface area contributed by atoms with Crippen LogP contribution in [0.2, 0.25) is 0 Å². The quantitative estimate of drug-likeness (QED) is 0.772. The molecule has 5 heteroatoms. The number of rotatable bonds is 7. The van der Waals surface area contributed by atoms with E-state index >= 15 is 0 Å². The smallest absolute Gasteiger partial charge is 0.363 e. The monoisotopic (exact) mass is 299 g/mol. The second-order valence-electron chi connectivity index (χ2n) is 5.76. The summed E-state index contributed by atoms with van der Waals surface area (Å²) in [6.07, 6.45) is 0. The Labute approximate surface area is 122 Å². The van der Waals surface area contributed by atoms with Gasteiger partial charge in [0.05, 0.1) is 18.5 Å². The molecule has 0 unspecified atom stereocenters. The first kappa shape index (κ1) is 17.2. The third-order valence-corrected chi connectivity index (χ3v) is 4.78. The maximum Gasteiger partial charge on any atom is 0.363 e. The van der Waals surface area contributed by atoms with E-state index in [1.54, 1.807) is 6.07 Å². The van der Waals surface area contributed by atoms with E-state index in [4.69, 9.17) is 9.05 Å². The van der Waals surface area contributed by atoms with Gasteiger partial charge in [-0.15, -0.1) is 0 Å². The van der Waals surface area contributed by atoms with Crippen molar-refractivity contribution in [2.45, 2.75) is 34.6 Å². The van der Waals surface area contributed by atoms with Gasteiger partial charge in [0.15, 0.2) is 0 Å². The highest BCUT2D eigenvalue weighted by molar-refractivity contribution is 7.62. The minimum absolute atomic E-state index is 0.133. The zero-order valence-corrected chi connectivity index (χ0v) is 14.0. The van der Waals surface area contributed by atoms with Crippen molar-refractivity contribution in [3.8, 4) is 0 Å². The van der Waals surface area contributed by atoms with Crippen molar-refractivity contribution < 1.29 is 13.6 Å². The fraction of sp³-hybridized carbons (Fsp3) is 0.600. The van der Waals surface area contributed by atoms with E-state index in [9.17, 15) is 4.57 Å². The molecule has 0 radical (unpaired) electrons. The molecule has 0 aliphatic carbocycles. The van der Waals surface area contributed by atoms with Gasteiger partial charge in [-0.25, -0.2) is 0 Å². The van der Waals surface area contributed by atoms with E-state index in [1.165, 1.54) is 0 Å². The highest BCUT2D eigenvalue weighted by Crippen LogP contribution is 2.48. The Hall–Kier alpha value is -0.830. The zero-order valence-electron chi connectivity index (χ0n) is 13.1. The molecule has 4 nitrogen and oxygen atoms in total. The van der Waals surface area contributed by atoms with Gasteiger partial charge in [-0.1, -0.05) is 32.9 Å². The number of hydrogen-bond acceptors (Lipinski definition) is 4. The maximum absolute atomic E-state index is 12.9. The minimum atomic E-state index is -3.25. The Bertz CT molecular complexity index is 458. The Morgan fingerprint density at radius 1 is 1.10 bits per heavy atom. The Kier molecular flexibility index (Phi) is 6.25. The van der Waals surface area contributed by atoms with Gasteiger partial charge in [0, 0.05) is 12.2 Å². The molecule has 0 heterocycles. The number of para-hydroxylation sites is 1. The van der Waals surface area contributed by atoms with E-state index in [0.717, 1.165) is 12.2 Å². The van der Waals surface area contributed by atoms with Crippen LogP contribution in [0.3, 0.4) is 0 Å². The summed E-state index contributed by atoms with van der Waals surface area (Å²) in [5.41, 5.74) is 0.946. The third-order valence-electron chi connectivity index (χ3n) is 2.61. The lowest BCUT2D eigenvalue weighted by molar-refractivity contribution is 0.230. The molecule has 0 bridgehead atoms. The van der Waals surface area contributed by atoms with E-state index in [1.807, 2.05) is 32.0 Å². The van der Waals surface area contributed by atoms with Gasteiger partial charge in [-0.2, -0.15) is 0 Å². The lowest BCUT2D eigenvalue weighted by Gasteiger charge is -2.24. The van der Waals surface area contributed by atoms with Gasteiger partial charge in [0.25, 0.3) is 0 Å². The summed E-state index contributed by atoms with van der Waals surface area (Å²) in [6, 6.07) is 7.47. The number of benzene rings is 1. The summed E-state index contributed by atoms with van der Waals surface area (Å²) in [6.45, 7) is 11.6. The summed E-state index contributed by atoms with van der Waals surface area (Å²) in [5.74, 6) is 0. The van der Waals surface area contributed by atoms with Gasteiger partial charge in [0.2, 0.25) is 0 Å². The average Bonchev–Trinajstić information content (AvgIpc) is 2.36. The second-order valence-corrected chi connectivity index (χ2v) is 7.76. The van der Waals surface area contributed by atoms with Crippen LogP contribution >= 0.6 is 7.60 Å². The first-order valence-corrected chi connectivity index (χ1v) is 8.59. The second kappa shape index (κ2) is 7.26. The highest BCUT2D eigenvalue weighted by Gasteiger charge is 2.29. The minimum Gasteiger partial charge on any atom is -0.384 e. The summed E-state index contributed by atoms with van der Waals surface area (Å²) in [5, 5.41) is 3.95. The van der Waals surface area contributed by atoms with Crippen LogP contribution < -0.4 is 10.6 Å². The standard InChI is InChI=1S/C15H26NO3P/c1-6-18-20(17,19-7-2)14-11-9-8-10-13(14)16-12-15(3,4)5/h8-11,16H,6-7,12H2,1-5H3. The lowest BCUT2D eigenvalue weighted by Crippen LogP contribution is -2.23. The van der Waals surface area contributed by atoms with Crippen molar-refractivity contribution in [3.05, 3.63) is 24.3 Å². The predicted octanol–water partition coefficient (Wildman–Crippen LogP) is 4.04. The van der Waals surface area contributed by atoms with Crippen LogP contribution in [0.1, 0.15) is 34.6 Å². The molecule has 0 saturated carbocycles. The molecule has 0 fully saturated rings. The van der Waals surface area contributed by atoms with Crippen LogP contribution in [0, 0.1) is 5.41 Å². The average molecular weight is 299 g/mol. The Balaban J connectivity index is 3.06. The van der Waals surface area contributed by atoms with Crippen molar-refractivity contribution >= 4 is 18.6 Å². The topological polar surface area (TPSA) is 47.6 Å². The summed E-state index contributed by atoms with van der Waals surface area (Å²) in [4.78, 5) is 0. The fourth-order valence-corrected chi connectivity index (χ4v) is 3.49. The SMILES string of the molecule is CCOP(=O)(OCC)c1ccccc1NCC(C)(C)C. The van der Waals surface area contributed by atoms with Crippen LogP contribution in [0.5, 0.6) is 0 Å². The van der Waals surface area contributed by atoms with E-state index in [2.05, 4.69) is 26.1 Å². The number of anilines is 1. The van der Waals surface area contributed by atoms with Crippen molar-refractivity contribution in [1.29, 1.82) is 0 Å². The number of hydrogen-bond donors (Lipinski definition) is 1. The molecule has 0 atom stereocenters. The van der Waals surface area contributed by atoms with E-state index in [0.29, 0.717) is 18.5 Å². The van der Waals surface area contributed by atoms with Crippen molar-refractivity contribution in [2.24, 2.45) is 5.41 Å². The van der Waals surface area contributed by atoms with Gasteiger partial charge >= 0.3 is 7.60 Å². The number of nitrogens with one attached hydrogen (secondary N) is 1. The molecular weight excluding hydrogens is 273 g/mol.